The van der Waals surface area contributed by atoms with Crippen LogP contribution in [0.15, 0.2) is 54.6 Å². The normalized spacial score (nSPS) is 12.6. The third kappa shape index (κ3) is 5.31. The number of aryl methyl sites for hydroxylation is 2. The van der Waals surface area contributed by atoms with Gasteiger partial charge in [0, 0.05) is 35.6 Å². The van der Waals surface area contributed by atoms with Crippen LogP contribution in [0.2, 0.25) is 0 Å². The van der Waals surface area contributed by atoms with Gasteiger partial charge in [0.2, 0.25) is 11.7 Å². The maximum atomic E-state index is 12.7. The van der Waals surface area contributed by atoms with Crippen LogP contribution >= 0.6 is 0 Å². The number of anilines is 1. The van der Waals surface area contributed by atoms with Crippen molar-refractivity contribution in [3.8, 4) is 5.75 Å². The van der Waals surface area contributed by atoms with Crippen molar-refractivity contribution < 1.29 is 23.9 Å². The van der Waals surface area contributed by atoms with Gasteiger partial charge in [-0.25, -0.2) is 4.79 Å². The van der Waals surface area contributed by atoms with Gasteiger partial charge >= 0.3 is 5.97 Å². The number of nitrogens with one attached hydrogen (secondary N) is 1. The quantitative estimate of drug-likeness (QED) is 0.420. The Morgan fingerprint density at radius 3 is 2.58 bits per heavy atom. The molecule has 2 aromatic carbocycles. The Balaban J connectivity index is 1.30. The van der Waals surface area contributed by atoms with Gasteiger partial charge in [-0.1, -0.05) is 30.3 Å². The Morgan fingerprint density at radius 2 is 1.79 bits per heavy atom. The number of carbonyl (C=O) groups excluding carboxylic acids is 3. The zero-order valence-electron chi connectivity index (χ0n) is 18.7. The highest BCUT2D eigenvalue weighted by Crippen LogP contribution is 2.26. The molecule has 0 radical (unpaired) electrons. The molecule has 1 aliphatic heterocycles. The van der Waals surface area contributed by atoms with Gasteiger partial charge in [0.1, 0.15) is 5.75 Å². The summed E-state index contributed by atoms with van der Waals surface area (Å²) in [6, 6.07) is 17.1. The molecule has 33 heavy (non-hydrogen) atoms. The van der Waals surface area contributed by atoms with E-state index in [-0.39, 0.29) is 24.9 Å². The molecule has 0 atom stereocenters. The summed E-state index contributed by atoms with van der Waals surface area (Å²) in [5.41, 5.74) is 5.23. The van der Waals surface area contributed by atoms with Crippen LogP contribution in [0.4, 0.5) is 5.69 Å². The predicted molar refractivity (Wildman–Crippen MR) is 124 cm³/mol. The number of hydrogen-bond acceptors (Lipinski definition) is 5. The highest BCUT2D eigenvalue weighted by Gasteiger charge is 2.18. The summed E-state index contributed by atoms with van der Waals surface area (Å²) in [5.74, 6) is -0.365. The molecule has 0 aliphatic carbocycles. The third-order valence-electron chi connectivity index (χ3n) is 5.75. The summed E-state index contributed by atoms with van der Waals surface area (Å²) in [4.78, 5) is 36.2. The maximum Gasteiger partial charge on any atom is 0.344 e. The van der Waals surface area contributed by atoms with Gasteiger partial charge in [-0.2, -0.15) is 0 Å². The second-order valence-electron chi connectivity index (χ2n) is 8.10. The lowest BCUT2D eigenvalue weighted by atomic mass is 10.0. The summed E-state index contributed by atoms with van der Waals surface area (Å²) >= 11 is 0. The van der Waals surface area contributed by atoms with Gasteiger partial charge in [0.25, 0.3) is 0 Å². The molecular formula is C26H26N2O5. The molecule has 4 rings (SSSR count). The molecule has 7 nitrogen and oxygen atoms in total. The fourth-order valence-corrected chi connectivity index (χ4v) is 3.95. The van der Waals surface area contributed by atoms with Crippen LogP contribution in [-0.4, -0.2) is 35.4 Å². The highest BCUT2D eigenvalue weighted by atomic mass is 16.6. The number of ketones is 1. The molecule has 0 fully saturated rings. The molecule has 1 amide bonds. The third-order valence-corrected chi connectivity index (χ3v) is 5.75. The number of ether oxygens (including phenoxy) is 2. The number of carbonyl (C=O) groups is 3. The molecule has 2 heterocycles. The Kier molecular flexibility index (Phi) is 6.58. The number of amides is 1. The Morgan fingerprint density at radius 1 is 1.00 bits per heavy atom. The Hall–Kier alpha value is -3.87. The smallest absolute Gasteiger partial charge is 0.344 e. The van der Waals surface area contributed by atoms with E-state index >= 15 is 0 Å². The van der Waals surface area contributed by atoms with Crippen molar-refractivity contribution in [1.82, 2.24) is 4.57 Å². The lowest BCUT2D eigenvalue weighted by Crippen LogP contribution is -2.20. The number of aromatic nitrogens is 1. The van der Waals surface area contributed by atoms with Gasteiger partial charge in [-0.05, 0) is 55.7 Å². The average Bonchev–Trinajstić information content (AvgIpc) is 3.10. The molecule has 0 spiro atoms. The van der Waals surface area contributed by atoms with Crippen LogP contribution < -0.4 is 10.1 Å². The van der Waals surface area contributed by atoms with Crippen molar-refractivity contribution in [2.24, 2.45) is 0 Å². The predicted octanol–water partition coefficient (Wildman–Crippen LogP) is 3.84. The number of nitrogens with zero attached hydrogens (tertiary/aromatic N) is 1. The molecule has 1 N–H and O–H groups in total. The molecule has 3 aromatic rings. The Bertz CT molecular complexity index is 1200. The molecule has 1 aromatic heterocycles. The van der Waals surface area contributed by atoms with Crippen molar-refractivity contribution in [1.29, 1.82) is 0 Å². The van der Waals surface area contributed by atoms with Gasteiger partial charge in [-0.15, -0.1) is 0 Å². The minimum atomic E-state index is -0.618. The lowest BCUT2D eigenvalue weighted by molar-refractivity contribution is -0.144. The molecule has 170 valence electrons. The number of benzene rings is 2. The monoisotopic (exact) mass is 446 g/mol. The SMILES string of the molecule is Cc1cc(C(=O)COC(=O)COc2ccc3c(c2)CCC(=O)N3)c(C)n1Cc1ccccc1. The van der Waals surface area contributed by atoms with Crippen molar-refractivity contribution in [3.05, 3.63) is 82.7 Å². The second kappa shape index (κ2) is 9.73. The highest BCUT2D eigenvalue weighted by molar-refractivity contribution is 5.99. The van der Waals surface area contributed by atoms with E-state index in [1.165, 1.54) is 0 Å². The van der Waals surface area contributed by atoms with E-state index in [9.17, 15) is 14.4 Å². The Labute approximate surface area is 192 Å². The first kappa shape index (κ1) is 22.3. The fourth-order valence-electron chi connectivity index (χ4n) is 3.95. The molecule has 0 saturated carbocycles. The second-order valence-corrected chi connectivity index (χ2v) is 8.10. The fraction of sp³-hybridized carbons (Fsp3) is 0.269. The van der Waals surface area contributed by atoms with E-state index in [1.54, 1.807) is 18.2 Å². The van der Waals surface area contributed by atoms with Crippen molar-refractivity contribution in [2.45, 2.75) is 33.2 Å². The van der Waals surface area contributed by atoms with E-state index in [1.807, 2.05) is 50.2 Å². The number of fused-ring (bicyclic) bond motifs is 1. The van der Waals surface area contributed by atoms with Crippen molar-refractivity contribution in [2.75, 3.05) is 18.5 Å². The zero-order chi connectivity index (χ0) is 23.4. The maximum absolute atomic E-state index is 12.7. The summed E-state index contributed by atoms with van der Waals surface area (Å²) < 4.78 is 12.7. The van der Waals surface area contributed by atoms with Crippen LogP contribution in [0.3, 0.4) is 0 Å². The van der Waals surface area contributed by atoms with Crippen LogP contribution in [0.5, 0.6) is 5.75 Å². The van der Waals surface area contributed by atoms with E-state index in [4.69, 9.17) is 9.47 Å². The first-order chi connectivity index (χ1) is 15.9. The number of hydrogen-bond donors (Lipinski definition) is 1. The van der Waals surface area contributed by atoms with Gasteiger partial charge < -0.3 is 19.4 Å². The molecule has 0 unspecified atom stereocenters. The first-order valence-electron chi connectivity index (χ1n) is 10.9. The van der Waals surface area contributed by atoms with E-state index in [0.29, 0.717) is 30.7 Å². The summed E-state index contributed by atoms with van der Waals surface area (Å²) in [7, 11) is 0. The summed E-state index contributed by atoms with van der Waals surface area (Å²) in [6.45, 7) is 3.88. The standard InChI is InChI=1S/C26H26N2O5/c1-17-12-22(18(2)28(17)14-19-6-4-3-5-7-19)24(29)15-33-26(31)16-32-21-9-10-23-20(13-21)8-11-25(30)27-23/h3-7,9-10,12-13H,8,11,14-16H2,1-2H3,(H,27,30). The first-order valence-corrected chi connectivity index (χ1v) is 10.9. The molecular weight excluding hydrogens is 420 g/mol. The largest absolute Gasteiger partial charge is 0.482 e. The minimum absolute atomic E-state index is 0.00903. The van der Waals surface area contributed by atoms with Gasteiger partial charge in [0.05, 0.1) is 0 Å². The molecule has 0 bridgehead atoms. The van der Waals surface area contributed by atoms with Crippen LogP contribution in [0.1, 0.15) is 39.3 Å². The summed E-state index contributed by atoms with van der Waals surface area (Å²) in [5, 5.41) is 2.80. The lowest BCUT2D eigenvalue weighted by Gasteiger charge is -2.17. The van der Waals surface area contributed by atoms with Crippen molar-refractivity contribution >= 4 is 23.3 Å². The van der Waals surface area contributed by atoms with Crippen LogP contribution in [-0.2, 0) is 27.3 Å². The summed E-state index contributed by atoms with van der Waals surface area (Å²) in [6.07, 6.45) is 1.05. The molecule has 1 aliphatic rings. The topological polar surface area (TPSA) is 86.6 Å². The van der Waals surface area contributed by atoms with E-state index in [2.05, 4.69) is 9.88 Å². The number of Topliss-reactive ketones (excluding diaryl/α,β-unsaturated/α-hetero) is 1. The minimum Gasteiger partial charge on any atom is -0.482 e. The zero-order valence-corrected chi connectivity index (χ0v) is 18.7. The number of rotatable bonds is 8. The van der Waals surface area contributed by atoms with E-state index < -0.39 is 5.97 Å². The van der Waals surface area contributed by atoms with Gasteiger partial charge in [-0.3, -0.25) is 9.59 Å². The van der Waals surface area contributed by atoms with Crippen molar-refractivity contribution in [3.63, 3.8) is 0 Å². The van der Waals surface area contributed by atoms with Crippen LogP contribution in [0.25, 0.3) is 0 Å². The molecule has 7 heteroatoms. The molecule has 0 saturated heterocycles. The van der Waals surface area contributed by atoms with E-state index in [0.717, 1.165) is 28.2 Å². The van der Waals surface area contributed by atoms with Crippen LogP contribution in [0, 0.1) is 13.8 Å². The number of esters is 1. The van der Waals surface area contributed by atoms with Gasteiger partial charge in [0.15, 0.2) is 13.2 Å². The average molecular weight is 447 g/mol.